The standard InChI is InChI=1S/C12H16BrFN2O/c1-3-6-16-12(2,11(15)17)9-7-8(13)4-5-10(9)14/h4-5,7,16H,3,6H2,1-2H3,(H2,15,17). The van der Waals surface area contributed by atoms with Crippen LogP contribution >= 0.6 is 15.9 Å². The number of amides is 1. The predicted molar refractivity (Wildman–Crippen MR) is 68.9 cm³/mol. The zero-order chi connectivity index (χ0) is 13.1. The molecule has 0 aliphatic carbocycles. The molecule has 0 bridgehead atoms. The molecule has 0 aromatic heterocycles. The van der Waals surface area contributed by atoms with E-state index in [1.807, 2.05) is 6.92 Å². The highest BCUT2D eigenvalue weighted by Crippen LogP contribution is 2.26. The normalized spacial score (nSPS) is 14.4. The highest BCUT2D eigenvalue weighted by Gasteiger charge is 2.35. The number of primary amides is 1. The summed E-state index contributed by atoms with van der Waals surface area (Å²) in [7, 11) is 0. The Balaban J connectivity index is 3.21. The summed E-state index contributed by atoms with van der Waals surface area (Å²) >= 11 is 3.26. The summed E-state index contributed by atoms with van der Waals surface area (Å²) in [5.41, 5.74) is 4.45. The molecule has 1 aromatic rings. The minimum Gasteiger partial charge on any atom is -0.368 e. The van der Waals surface area contributed by atoms with Gasteiger partial charge in [-0.1, -0.05) is 22.9 Å². The third-order valence-electron chi connectivity index (χ3n) is 2.69. The van der Waals surface area contributed by atoms with Gasteiger partial charge in [-0.15, -0.1) is 0 Å². The first-order chi connectivity index (χ1) is 7.91. The average Bonchev–Trinajstić information content (AvgIpc) is 2.29. The molecule has 0 saturated heterocycles. The van der Waals surface area contributed by atoms with Crippen molar-refractivity contribution in [2.45, 2.75) is 25.8 Å². The van der Waals surface area contributed by atoms with E-state index in [4.69, 9.17) is 5.73 Å². The summed E-state index contributed by atoms with van der Waals surface area (Å²) in [5.74, 6) is -1.04. The Hall–Kier alpha value is -0.940. The maximum absolute atomic E-state index is 13.8. The molecular weight excluding hydrogens is 287 g/mol. The molecule has 0 aliphatic heterocycles. The van der Waals surface area contributed by atoms with Gasteiger partial charge in [0, 0.05) is 10.0 Å². The number of nitrogens with one attached hydrogen (secondary N) is 1. The number of halogens is 2. The minimum atomic E-state index is -1.19. The molecule has 0 spiro atoms. The van der Waals surface area contributed by atoms with Gasteiger partial charge in [0.05, 0.1) is 0 Å². The van der Waals surface area contributed by atoms with Crippen LogP contribution in [-0.4, -0.2) is 12.5 Å². The van der Waals surface area contributed by atoms with Gasteiger partial charge in [0.15, 0.2) is 0 Å². The van der Waals surface area contributed by atoms with Crippen molar-refractivity contribution in [1.29, 1.82) is 0 Å². The highest BCUT2D eigenvalue weighted by molar-refractivity contribution is 9.10. The van der Waals surface area contributed by atoms with E-state index in [1.54, 1.807) is 19.1 Å². The fourth-order valence-electron chi connectivity index (χ4n) is 1.57. The second kappa shape index (κ2) is 5.60. The molecule has 94 valence electrons. The van der Waals surface area contributed by atoms with E-state index in [-0.39, 0.29) is 5.56 Å². The Morgan fingerprint density at radius 2 is 2.24 bits per heavy atom. The Bertz CT molecular complexity index is 425. The molecule has 5 heteroatoms. The van der Waals surface area contributed by atoms with Gasteiger partial charge in [0.1, 0.15) is 11.4 Å². The van der Waals surface area contributed by atoms with Crippen molar-refractivity contribution >= 4 is 21.8 Å². The number of carbonyl (C=O) groups excluding carboxylic acids is 1. The first-order valence-electron chi connectivity index (χ1n) is 5.42. The Morgan fingerprint density at radius 1 is 1.59 bits per heavy atom. The van der Waals surface area contributed by atoms with Gasteiger partial charge < -0.3 is 5.73 Å². The second-order valence-electron chi connectivity index (χ2n) is 4.04. The smallest absolute Gasteiger partial charge is 0.242 e. The third kappa shape index (κ3) is 3.04. The predicted octanol–water partition coefficient (Wildman–Crippen LogP) is 2.29. The number of rotatable bonds is 5. The summed E-state index contributed by atoms with van der Waals surface area (Å²) < 4.78 is 14.5. The summed E-state index contributed by atoms with van der Waals surface area (Å²) in [4.78, 5) is 11.6. The second-order valence-corrected chi connectivity index (χ2v) is 4.96. The van der Waals surface area contributed by atoms with Crippen LogP contribution < -0.4 is 11.1 Å². The first kappa shape index (κ1) is 14.1. The van der Waals surface area contributed by atoms with Crippen molar-refractivity contribution in [2.24, 2.45) is 5.73 Å². The van der Waals surface area contributed by atoms with Crippen LogP contribution in [0.15, 0.2) is 22.7 Å². The number of carbonyl (C=O) groups is 1. The van der Waals surface area contributed by atoms with Crippen molar-refractivity contribution in [1.82, 2.24) is 5.32 Å². The van der Waals surface area contributed by atoms with Gasteiger partial charge in [0.25, 0.3) is 0 Å². The van der Waals surface area contributed by atoms with Gasteiger partial charge in [-0.3, -0.25) is 10.1 Å². The number of nitrogens with two attached hydrogens (primary N) is 1. The monoisotopic (exact) mass is 302 g/mol. The molecule has 1 atom stereocenters. The number of benzene rings is 1. The van der Waals surface area contributed by atoms with Crippen LogP contribution in [0.2, 0.25) is 0 Å². The molecule has 1 rings (SSSR count). The molecule has 1 aromatic carbocycles. The van der Waals surface area contributed by atoms with Crippen LogP contribution in [0, 0.1) is 5.82 Å². The van der Waals surface area contributed by atoms with Crippen molar-refractivity contribution < 1.29 is 9.18 Å². The van der Waals surface area contributed by atoms with Crippen molar-refractivity contribution in [2.75, 3.05) is 6.54 Å². The summed E-state index contributed by atoms with van der Waals surface area (Å²) in [6.45, 7) is 4.15. The van der Waals surface area contributed by atoms with Gasteiger partial charge in [-0.25, -0.2) is 4.39 Å². The third-order valence-corrected chi connectivity index (χ3v) is 3.18. The fourth-order valence-corrected chi connectivity index (χ4v) is 1.93. The molecule has 3 nitrogen and oxygen atoms in total. The van der Waals surface area contributed by atoms with Crippen LogP contribution in [0.3, 0.4) is 0 Å². The zero-order valence-corrected chi connectivity index (χ0v) is 11.5. The lowest BCUT2D eigenvalue weighted by molar-refractivity contribution is -0.124. The Labute approximate surface area is 109 Å². The van der Waals surface area contributed by atoms with Crippen LogP contribution in [0.5, 0.6) is 0 Å². The lowest BCUT2D eigenvalue weighted by Gasteiger charge is -2.28. The largest absolute Gasteiger partial charge is 0.368 e. The van der Waals surface area contributed by atoms with Gasteiger partial charge in [-0.2, -0.15) is 0 Å². The molecule has 17 heavy (non-hydrogen) atoms. The minimum absolute atomic E-state index is 0.257. The fraction of sp³-hybridized carbons (Fsp3) is 0.417. The summed E-state index contributed by atoms with van der Waals surface area (Å²) in [6, 6.07) is 4.47. The lowest BCUT2D eigenvalue weighted by atomic mass is 9.90. The number of hydrogen-bond acceptors (Lipinski definition) is 2. The Morgan fingerprint density at radius 3 is 2.76 bits per heavy atom. The van der Waals surface area contributed by atoms with Crippen LogP contribution in [0.4, 0.5) is 4.39 Å². The highest BCUT2D eigenvalue weighted by atomic mass is 79.9. The van der Waals surface area contributed by atoms with Crippen LogP contribution in [0.1, 0.15) is 25.8 Å². The molecule has 1 amide bonds. The van der Waals surface area contributed by atoms with E-state index in [0.29, 0.717) is 11.0 Å². The molecule has 0 fully saturated rings. The SMILES string of the molecule is CCCNC(C)(C(N)=O)c1cc(Br)ccc1F. The van der Waals surface area contributed by atoms with Gasteiger partial charge >= 0.3 is 0 Å². The molecular formula is C12H16BrFN2O. The number of hydrogen-bond donors (Lipinski definition) is 2. The molecule has 0 saturated carbocycles. The van der Waals surface area contributed by atoms with E-state index in [0.717, 1.165) is 6.42 Å². The van der Waals surface area contributed by atoms with E-state index < -0.39 is 17.3 Å². The van der Waals surface area contributed by atoms with Gasteiger partial charge in [-0.05, 0) is 38.1 Å². The summed E-state index contributed by atoms with van der Waals surface area (Å²) in [6.07, 6.45) is 0.832. The van der Waals surface area contributed by atoms with Gasteiger partial charge in [0.2, 0.25) is 5.91 Å². The van der Waals surface area contributed by atoms with Crippen molar-refractivity contribution in [3.05, 3.63) is 34.1 Å². The lowest BCUT2D eigenvalue weighted by Crippen LogP contribution is -2.51. The first-order valence-corrected chi connectivity index (χ1v) is 6.21. The van der Waals surface area contributed by atoms with E-state index in [2.05, 4.69) is 21.2 Å². The quantitative estimate of drug-likeness (QED) is 0.877. The van der Waals surface area contributed by atoms with Crippen LogP contribution in [-0.2, 0) is 10.3 Å². The summed E-state index contributed by atoms with van der Waals surface area (Å²) in [5, 5.41) is 2.99. The maximum Gasteiger partial charge on any atom is 0.242 e. The Kier molecular flexibility index (Phi) is 4.65. The molecule has 1 unspecified atom stereocenters. The zero-order valence-electron chi connectivity index (χ0n) is 9.89. The molecule has 0 heterocycles. The van der Waals surface area contributed by atoms with E-state index in [9.17, 15) is 9.18 Å². The molecule has 3 N–H and O–H groups in total. The van der Waals surface area contributed by atoms with Crippen molar-refractivity contribution in [3.63, 3.8) is 0 Å². The van der Waals surface area contributed by atoms with Crippen LogP contribution in [0.25, 0.3) is 0 Å². The average molecular weight is 303 g/mol. The van der Waals surface area contributed by atoms with Crippen molar-refractivity contribution in [3.8, 4) is 0 Å². The van der Waals surface area contributed by atoms with E-state index >= 15 is 0 Å². The molecule has 0 aliphatic rings. The van der Waals surface area contributed by atoms with E-state index in [1.165, 1.54) is 6.07 Å². The maximum atomic E-state index is 13.8. The molecule has 0 radical (unpaired) electrons. The topological polar surface area (TPSA) is 55.1 Å².